The molecule has 11 heteroatoms. The van der Waals surface area contributed by atoms with Crippen LogP contribution in [-0.2, 0) is 4.79 Å². The van der Waals surface area contributed by atoms with Gasteiger partial charge in [0.15, 0.2) is 11.5 Å². The number of H-pyrrole nitrogens is 2. The summed E-state index contributed by atoms with van der Waals surface area (Å²) in [5.41, 5.74) is 6.36. The van der Waals surface area contributed by atoms with Gasteiger partial charge in [0.05, 0.1) is 17.4 Å². The predicted molar refractivity (Wildman–Crippen MR) is 165 cm³/mol. The van der Waals surface area contributed by atoms with E-state index >= 15 is 0 Å². The molecule has 1 amide bonds. The molecule has 0 unspecified atom stereocenters. The maximum atomic E-state index is 14.6. The van der Waals surface area contributed by atoms with Crippen LogP contribution in [0.1, 0.15) is 19.8 Å². The Bertz CT molecular complexity index is 1930. The second kappa shape index (κ2) is 12.0. The largest absolute Gasteiger partial charge is 0.492 e. The highest BCUT2D eigenvalue weighted by molar-refractivity contribution is 5.98. The van der Waals surface area contributed by atoms with Gasteiger partial charge in [-0.3, -0.25) is 14.9 Å². The van der Waals surface area contributed by atoms with Crippen molar-refractivity contribution in [3.63, 3.8) is 0 Å². The highest BCUT2D eigenvalue weighted by Crippen LogP contribution is 2.34. The first-order valence-corrected chi connectivity index (χ1v) is 14.0. The highest BCUT2D eigenvalue weighted by atomic mass is 19.1. The predicted octanol–water partition coefficient (Wildman–Crippen LogP) is 6.05. The minimum atomic E-state index is -0.396. The van der Waals surface area contributed by atoms with E-state index in [9.17, 15) is 9.18 Å². The van der Waals surface area contributed by atoms with Gasteiger partial charge in [-0.15, -0.1) is 0 Å². The molecule has 0 saturated heterocycles. The number of imidazole rings is 1. The van der Waals surface area contributed by atoms with Crippen LogP contribution in [0.15, 0.2) is 67.1 Å². The number of carbonyl (C=O) groups is 1. The number of aromatic amines is 2. The number of aromatic nitrogens is 6. The van der Waals surface area contributed by atoms with Gasteiger partial charge < -0.3 is 19.9 Å². The number of anilines is 1. The molecule has 3 N–H and O–H groups in total. The van der Waals surface area contributed by atoms with Crippen molar-refractivity contribution in [1.29, 1.82) is 0 Å². The lowest BCUT2D eigenvalue weighted by molar-refractivity contribution is -0.116. The average molecular weight is 579 g/mol. The van der Waals surface area contributed by atoms with Gasteiger partial charge in [0.2, 0.25) is 5.91 Å². The molecule has 0 aliphatic carbocycles. The number of benzene rings is 2. The number of hydrogen-bond donors (Lipinski definition) is 3. The lowest BCUT2D eigenvalue weighted by atomic mass is 10.0. The molecule has 218 valence electrons. The Hall–Kier alpha value is -5.16. The van der Waals surface area contributed by atoms with Crippen LogP contribution >= 0.6 is 0 Å². The standard InChI is InChI=1S/C32H31FN8O2/c1-4-5-28(42)36-23-13-21(17-34-18-23)19-6-7-27-26(15-19)30(40-39-27)32-37-29-25(8-9-35-31(29)38-32)20-12-22(33)16-24(14-20)43-11-10-41(2)3/h6-9,12-18H,4-5,10-11H2,1-3H3,(H,36,42)(H,39,40)(H,35,37,38). The Labute approximate surface area is 247 Å². The third-order valence-electron chi connectivity index (χ3n) is 6.99. The molecule has 0 atom stereocenters. The second-order valence-corrected chi connectivity index (χ2v) is 10.6. The number of nitrogens with zero attached hydrogens (tertiary/aromatic N) is 5. The van der Waals surface area contributed by atoms with Gasteiger partial charge in [-0.1, -0.05) is 13.0 Å². The summed E-state index contributed by atoms with van der Waals surface area (Å²) in [6, 6.07) is 14.3. The molecule has 0 radical (unpaired) electrons. The number of ether oxygens (including phenoxy) is 1. The Morgan fingerprint density at radius 2 is 1.93 bits per heavy atom. The Balaban J connectivity index is 1.35. The molecule has 0 bridgehead atoms. The van der Waals surface area contributed by atoms with Gasteiger partial charge in [-0.05, 0) is 68.0 Å². The van der Waals surface area contributed by atoms with Gasteiger partial charge in [-0.25, -0.2) is 14.4 Å². The molecule has 2 aromatic carbocycles. The van der Waals surface area contributed by atoms with Crippen molar-refractivity contribution in [2.45, 2.75) is 19.8 Å². The fourth-order valence-corrected chi connectivity index (χ4v) is 4.89. The smallest absolute Gasteiger partial charge is 0.224 e. The van der Waals surface area contributed by atoms with Gasteiger partial charge >= 0.3 is 0 Å². The van der Waals surface area contributed by atoms with E-state index in [4.69, 9.17) is 9.72 Å². The van der Waals surface area contributed by atoms with Crippen molar-refractivity contribution >= 4 is 33.7 Å². The normalized spacial score (nSPS) is 11.5. The number of hydrogen-bond acceptors (Lipinski definition) is 7. The van der Waals surface area contributed by atoms with Crippen molar-refractivity contribution in [1.82, 2.24) is 35.0 Å². The van der Waals surface area contributed by atoms with E-state index in [-0.39, 0.29) is 5.91 Å². The summed E-state index contributed by atoms with van der Waals surface area (Å²) in [5, 5.41) is 11.4. The van der Waals surface area contributed by atoms with Crippen LogP contribution in [-0.4, -0.2) is 68.2 Å². The summed E-state index contributed by atoms with van der Waals surface area (Å²) in [7, 11) is 3.91. The number of rotatable bonds is 10. The molecule has 0 saturated carbocycles. The zero-order valence-corrected chi connectivity index (χ0v) is 24.1. The van der Waals surface area contributed by atoms with Gasteiger partial charge in [0.25, 0.3) is 0 Å². The SMILES string of the molecule is CCCC(=O)Nc1cncc(-c2ccc3[nH]nc(-c4nc5c(-c6cc(F)cc(OCCN(C)C)c6)ccnc5[nH]4)c3c2)c1. The number of carbonyl (C=O) groups excluding carboxylic acids is 1. The topological polar surface area (TPSA) is 125 Å². The summed E-state index contributed by atoms with van der Waals surface area (Å²) in [4.78, 5) is 31.0. The van der Waals surface area contributed by atoms with Crippen molar-refractivity contribution in [3.05, 3.63) is 72.9 Å². The molecule has 0 fully saturated rings. The molecular weight excluding hydrogens is 547 g/mol. The molecule has 10 nitrogen and oxygen atoms in total. The average Bonchev–Trinajstić information content (AvgIpc) is 3.60. The van der Waals surface area contributed by atoms with Crippen molar-refractivity contribution in [3.8, 4) is 39.5 Å². The number of halogens is 1. The fraction of sp³-hybridized carbons (Fsp3) is 0.219. The molecule has 0 spiro atoms. The summed E-state index contributed by atoms with van der Waals surface area (Å²) in [5.74, 6) is 0.536. The third-order valence-corrected chi connectivity index (χ3v) is 6.99. The summed E-state index contributed by atoms with van der Waals surface area (Å²) < 4.78 is 20.4. The van der Waals surface area contributed by atoms with E-state index in [1.54, 1.807) is 18.6 Å². The lowest BCUT2D eigenvalue weighted by Gasteiger charge is -2.12. The van der Waals surface area contributed by atoms with Gasteiger partial charge in [0, 0.05) is 47.9 Å². The number of likely N-dealkylation sites (N-methyl/N-ethyl adjacent to an activating group) is 1. The van der Waals surface area contributed by atoms with Crippen molar-refractivity contribution in [2.75, 3.05) is 32.6 Å². The monoisotopic (exact) mass is 578 g/mol. The zero-order chi connectivity index (χ0) is 29.9. The number of nitrogens with one attached hydrogen (secondary N) is 3. The van der Waals surface area contributed by atoms with Crippen LogP contribution < -0.4 is 10.1 Å². The van der Waals surface area contributed by atoms with Crippen LogP contribution in [0.4, 0.5) is 10.1 Å². The second-order valence-electron chi connectivity index (χ2n) is 10.6. The molecule has 6 aromatic rings. The van der Waals surface area contributed by atoms with Gasteiger partial charge in [-0.2, -0.15) is 5.10 Å². The van der Waals surface area contributed by atoms with E-state index in [0.717, 1.165) is 34.0 Å². The first kappa shape index (κ1) is 28.0. The molecular formula is C32H31FN8O2. The number of pyridine rings is 2. The van der Waals surface area contributed by atoms with Gasteiger partial charge in [0.1, 0.15) is 29.4 Å². The van der Waals surface area contributed by atoms with E-state index in [1.165, 1.54) is 12.1 Å². The summed E-state index contributed by atoms with van der Waals surface area (Å²) in [6.07, 6.45) is 6.28. The Kier molecular flexibility index (Phi) is 7.80. The van der Waals surface area contributed by atoms with Crippen LogP contribution in [0, 0.1) is 5.82 Å². The van der Waals surface area contributed by atoms with Crippen molar-refractivity contribution in [2.24, 2.45) is 0 Å². The lowest BCUT2D eigenvalue weighted by Crippen LogP contribution is -2.19. The molecule has 0 aliphatic heterocycles. The first-order chi connectivity index (χ1) is 20.9. The molecule has 0 aliphatic rings. The van der Waals surface area contributed by atoms with Crippen LogP contribution in [0.25, 0.3) is 55.8 Å². The third kappa shape index (κ3) is 6.07. The van der Waals surface area contributed by atoms with Crippen LogP contribution in [0.5, 0.6) is 5.75 Å². The first-order valence-electron chi connectivity index (χ1n) is 14.0. The van der Waals surface area contributed by atoms with E-state index in [1.807, 2.05) is 62.3 Å². The van der Waals surface area contributed by atoms with E-state index in [0.29, 0.717) is 59.3 Å². The minimum Gasteiger partial charge on any atom is -0.492 e. The van der Waals surface area contributed by atoms with Crippen LogP contribution in [0.3, 0.4) is 0 Å². The molecule has 4 aromatic heterocycles. The van der Waals surface area contributed by atoms with E-state index < -0.39 is 5.82 Å². The molecule has 43 heavy (non-hydrogen) atoms. The van der Waals surface area contributed by atoms with Crippen molar-refractivity contribution < 1.29 is 13.9 Å². The number of fused-ring (bicyclic) bond motifs is 2. The summed E-state index contributed by atoms with van der Waals surface area (Å²) in [6.45, 7) is 3.12. The maximum absolute atomic E-state index is 14.6. The summed E-state index contributed by atoms with van der Waals surface area (Å²) >= 11 is 0. The maximum Gasteiger partial charge on any atom is 0.224 e. The Morgan fingerprint density at radius 1 is 1.05 bits per heavy atom. The fourth-order valence-electron chi connectivity index (χ4n) is 4.89. The molecule has 6 rings (SSSR count). The van der Waals surface area contributed by atoms with Crippen LogP contribution in [0.2, 0.25) is 0 Å². The highest BCUT2D eigenvalue weighted by Gasteiger charge is 2.17. The Morgan fingerprint density at radius 3 is 2.77 bits per heavy atom. The minimum absolute atomic E-state index is 0.0433. The number of amides is 1. The van der Waals surface area contributed by atoms with E-state index in [2.05, 4.69) is 30.5 Å². The zero-order valence-electron chi connectivity index (χ0n) is 24.1. The quantitative estimate of drug-likeness (QED) is 0.181. The molecule has 4 heterocycles.